The summed E-state index contributed by atoms with van der Waals surface area (Å²) in [4.78, 5) is 1.06. The van der Waals surface area contributed by atoms with Gasteiger partial charge in [0.15, 0.2) is 0 Å². The van der Waals surface area contributed by atoms with Crippen molar-refractivity contribution in [2.24, 2.45) is 0 Å². The Bertz CT molecular complexity index is 663. The summed E-state index contributed by atoms with van der Waals surface area (Å²) in [7, 11) is 0. The number of nitrogens with two attached hydrogens (primary N) is 1. The SMILES string of the molecule is CC1=C(C#N)C(c2cccs2)c2c(n[nH]c2N)O1. The highest BCUT2D eigenvalue weighted by molar-refractivity contribution is 7.10. The van der Waals surface area contributed by atoms with Crippen molar-refractivity contribution >= 4 is 17.2 Å². The van der Waals surface area contributed by atoms with Gasteiger partial charge in [-0.2, -0.15) is 5.26 Å². The van der Waals surface area contributed by atoms with E-state index < -0.39 is 0 Å². The highest BCUT2D eigenvalue weighted by Gasteiger charge is 2.34. The number of hydrogen-bond acceptors (Lipinski definition) is 5. The van der Waals surface area contributed by atoms with Crippen molar-refractivity contribution in [2.75, 3.05) is 5.73 Å². The molecule has 0 saturated carbocycles. The summed E-state index contributed by atoms with van der Waals surface area (Å²) in [5.74, 6) is 1.30. The second kappa shape index (κ2) is 3.89. The number of rotatable bonds is 1. The van der Waals surface area contributed by atoms with Gasteiger partial charge in [0.25, 0.3) is 0 Å². The van der Waals surface area contributed by atoms with Gasteiger partial charge in [0, 0.05) is 4.88 Å². The molecule has 0 amide bonds. The Morgan fingerprint density at radius 3 is 3.11 bits per heavy atom. The van der Waals surface area contributed by atoms with Gasteiger partial charge >= 0.3 is 0 Å². The summed E-state index contributed by atoms with van der Waals surface area (Å²) in [6.45, 7) is 1.77. The zero-order valence-corrected chi connectivity index (χ0v) is 10.4. The maximum Gasteiger partial charge on any atom is 0.244 e. The first-order valence-corrected chi connectivity index (χ1v) is 6.26. The smallest absolute Gasteiger partial charge is 0.244 e. The lowest BCUT2D eigenvalue weighted by Gasteiger charge is -2.22. The van der Waals surface area contributed by atoms with E-state index >= 15 is 0 Å². The molecule has 2 aromatic heterocycles. The number of aromatic nitrogens is 2. The number of anilines is 1. The average Bonchev–Trinajstić information content (AvgIpc) is 2.98. The summed E-state index contributed by atoms with van der Waals surface area (Å²) in [6.07, 6.45) is 0. The standard InChI is InChI=1S/C12H10N4OS/c1-6-7(5-13)9(8-3-2-4-18-8)10-11(14)15-16-12(10)17-6/h2-4,9H,1H3,(H3,14,15,16). The molecule has 3 N–H and O–H groups in total. The van der Waals surface area contributed by atoms with Crippen molar-refractivity contribution in [2.45, 2.75) is 12.8 Å². The normalized spacial score (nSPS) is 18.1. The number of nitriles is 1. The maximum absolute atomic E-state index is 9.33. The largest absolute Gasteiger partial charge is 0.441 e. The van der Waals surface area contributed by atoms with E-state index in [-0.39, 0.29) is 5.92 Å². The number of fused-ring (bicyclic) bond motifs is 1. The van der Waals surface area contributed by atoms with E-state index in [4.69, 9.17) is 10.5 Å². The van der Waals surface area contributed by atoms with Crippen LogP contribution in [0.15, 0.2) is 28.8 Å². The van der Waals surface area contributed by atoms with Crippen molar-refractivity contribution in [3.05, 3.63) is 39.3 Å². The molecule has 0 fully saturated rings. The van der Waals surface area contributed by atoms with Crippen molar-refractivity contribution < 1.29 is 4.74 Å². The summed E-state index contributed by atoms with van der Waals surface area (Å²) < 4.78 is 5.52. The first-order valence-electron chi connectivity index (χ1n) is 5.38. The van der Waals surface area contributed by atoms with Crippen LogP contribution in [-0.4, -0.2) is 10.2 Å². The molecule has 1 aliphatic rings. The van der Waals surface area contributed by atoms with Gasteiger partial charge in [-0.15, -0.1) is 16.4 Å². The number of ether oxygens (including phenoxy) is 1. The number of thiophene rings is 1. The predicted octanol–water partition coefficient (Wildman–Crippen LogP) is 2.38. The zero-order chi connectivity index (χ0) is 12.7. The van der Waals surface area contributed by atoms with Crippen molar-refractivity contribution in [3.63, 3.8) is 0 Å². The zero-order valence-electron chi connectivity index (χ0n) is 9.60. The molecule has 6 heteroatoms. The Morgan fingerprint density at radius 1 is 1.61 bits per heavy atom. The Kier molecular flexibility index (Phi) is 2.35. The molecule has 1 unspecified atom stereocenters. The molecule has 0 aliphatic carbocycles. The van der Waals surface area contributed by atoms with Crippen LogP contribution in [0.2, 0.25) is 0 Å². The van der Waals surface area contributed by atoms with Gasteiger partial charge in [0.1, 0.15) is 11.6 Å². The molecule has 1 aliphatic heterocycles. The molecule has 0 bridgehead atoms. The number of hydrogen-bond donors (Lipinski definition) is 2. The first kappa shape index (κ1) is 10.9. The molecular formula is C12H10N4OS. The van der Waals surface area contributed by atoms with Crippen LogP contribution in [-0.2, 0) is 0 Å². The molecule has 1 atom stereocenters. The molecule has 5 nitrogen and oxygen atoms in total. The third-order valence-corrected chi connectivity index (χ3v) is 3.89. The van der Waals surface area contributed by atoms with E-state index in [2.05, 4.69) is 16.3 Å². The van der Waals surface area contributed by atoms with Crippen LogP contribution in [0.1, 0.15) is 23.3 Å². The van der Waals surface area contributed by atoms with E-state index in [1.807, 2.05) is 17.5 Å². The number of allylic oxidation sites excluding steroid dienone is 2. The van der Waals surface area contributed by atoms with E-state index in [0.717, 1.165) is 10.4 Å². The van der Waals surface area contributed by atoms with Gasteiger partial charge in [-0.1, -0.05) is 6.07 Å². The lowest BCUT2D eigenvalue weighted by Crippen LogP contribution is -2.14. The van der Waals surface area contributed by atoms with Crippen LogP contribution in [0.5, 0.6) is 5.88 Å². The fourth-order valence-electron chi connectivity index (χ4n) is 2.13. The van der Waals surface area contributed by atoms with Crippen LogP contribution in [0.25, 0.3) is 0 Å². The van der Waals surface area contributed by atoms with Gasteiger partial charge in [0.2, 0.25) is 5.88 Å². The molecule has 0 saturated heterocycles. The van der Waals surface area contributed by atoms with Crippen molar-refractivity contribution in [1.82, 2.24) is 10.2 Å². The lowest BCUT2D eigenvalue weighted by atomic mass is 9.89. The van der Waals surface area contributed by atoms with E-state index in [0.29, 0.717) is 23.0 Å². The number of aromatic amines is 1. The fourth-order valence-corrected chi connectivity index (χ4v) is 2.98. The molecule has 0 aromatic carbocycles. The lowest BCUT2D eigenvalue weighted by molar-refractivity contribution is 0.386. The minimum atomic E-state index is -0.183. The van der Waals surface area contributed by atoms with E-state index in [9.17, 15) is 5.26 Å². The number of nitrogen functional groups attached to an aromatic ring is 1. The quantitative estimate of drug-likeness (QED) is 0.822. The fraction of sp³-hybridized carbons (Fsp3) is 0.167. The summed E-state index contributed by atoms with van der Waals surface area (Å²) >= 11 is 1.59. The Morgan fingerprint density at radius 2 is 2.44 bits per heavy atom. The molecule has 0 spiro atoms. The number of H-pyrrole nitrogens is 1. The average molecular weight is 258 g/mol. The first-order chi connectivity index (χ1) is 8.72. The minimum absolute atomic E-state index is 0.183. The van der Waals surface area contributed by atoms with Crippen LogP contribution >= 0.6 is 11.3 Å². The Hall–Kier alpha value is -2.26. The third-order valence-electron chi connectivity index (χ3n) is 2.95. The molecule has 3 rings (SSSR count). The molecule has 2 aromatic rings. The van der Waals surface area contributed by atoms with Crippen LogP contribution in [0, 0.1) is 11.3 Å². The topological polar surface area (TPSA) is 87.7 Å². The van der Waals surface area contributed by atoms with E-state index in [1.54, 1.807) is 18.3 Å². The van der Waals surface area contributed by atoms with Crippen LogP contribution in [0.3, 0.4) is 0 Å². The Labute approximate surface area is 108 Å². The van der Waals surface area contributed by atoms with Crippen molar-refractivity contribution in [3.8, 4) is 11.9 Å². The predicted molar refractivity (Wildman–Crippen MR) is 68.1 cm³/mol. The van der Waals surface area contributed by atoms with Crippen LogP contribution < -0.4 is 10.5 Å². The molecular weight excluding hydrogens is 248 g/mol. The second-order valence-electron chi connectivity index (χ2n) is 3.99. The summed E-state index contributed by atoms with van der Waals surface area (Å²) in [6, 6.07) is 6.16. The third kappa shape index (κ3) is 1.41. The van der Waals surface area contributed by atoms with Crippen molar-refractivity contribution in [1.29, 1.82) is 5.26 Å². The highest BCUT2D eigenvalue weighted by atomic mass is 32.1. The van der Waals surface area contributed by atoms with Gasteiger partial charge in [-0.05, 0) is 18.4 Å². The molecule has 3 heterocycles. The molecule has 90 valence electrons. The summed E-state index contributed by atoms with van der Waals surface area (Å²) in [5, 5.41) is 18.0. The number of nitrogens with zero attached hydrogens (tertiary/aromatic N) is 2. The van der Waals surface area contributed by atoms with Gasteiger partial charge in [-0.3, -0.25) is 5.10 Å². The number of nitrogens with one attached hydrogen (secondary N) is 1. The van der Waals surface area contributed by atoms with Gasteiger partial charge in [0.05, 0.1) is 23.1 Å². The minimum Gasteiger partial charge on any atom is -0.441 e. The molecule has 18 heavy (non-hydrogen) atoms. The van der Waals surface area contributed by atoms with Gasteiger partial charge < -0.3 is 10.5 Å². The second-order valence-corrected chi connectivity index (χ2v) is 4.97. The Balaban J connectivity index is 2.25. The highest BCUT2D eigenvalue weighted by Crippen LogP contribution is 2.45. The van der Waals surface area contributed by atoms with E-state index in [1.165, 1.54) is 0 Å². The van der Waals surface area contributed by atoms with Crippen LogP contribution in [0.4, 0.5) is 5.82 Å². The monoisotopic (exact) mass is 258 g/mol. The molecule has 0 radical (unpaired) electrons. The van der Waals surface area contributed by atoms with Gasteiger partial charge in [-0.25, -0.2) is 0 Å². The summed E-state index contributed by atoms with van der Waals surface area (Å²) in [5.41, 5.74) is 7.23. The maximum atomic E-state index is 9.33.